The quantitative estimate of drug-likeness (QED) is 0.126. The topological polar surface area (TPSA) is 95.7 Å². The first kappa shape index (κ1) is 54.1. The van der Waals surface area contributed by atoms with Crippen molar-refractivity contribution in [3.63, 3.8) is 0 Å². The zero-order chi connectivity index (χ0) is 57.0. The van der Waals surface area contributed by atoms with E-state index in [-0.39, 0.29) is 34.2 Å². The number of esters is 1. The van der Waals surface area contributed by atoms with E-state index in [0.717, 1.165) is 72.1 Å². The summed E-state index contributed by atoms with van der Waals surface area (Å²) in [5.41, 5.74) is 15.2. The molecule has 3 aromatic heterocycles. The van der Waals surface area contributed by atoms with Gasteiger partial charge in [0.15, 0.2) is 23.3 Å². The van der Waals surface area contributed by atoms with Crippen molar-refractivity contribution in [3.05, 3.63) is 228 Å². The number of carbonyl (C=O) groups is 1. The highest BCUT2D eigenvalue weighted by Gasteiger charge is 2.27. The number of carbonyl (C=O) groups excluding carboxylic acids is 1. The van der Waals surface area contributed by atoms with Crippen LogP contribution in [0.1, 0.15) is 121 Å². The van der Waals surface area contributed by atoms with E-state index in [4.69, 9.17) is 29.7 Å². The van der Waals surface area contributed by atoms with Crippen LogP contribution in [-0.2, 0) is 33.0 Å². The van der Waals surface area contributed by atoms with E-state index in [1.165, 1.54) is 22.3 Å². The van der Waals surface area contributed by atoms with Crippen molar-refractivity contribution >= 4 is 27.8 Å². The highest BCUT2D eigenvalue weighted by Crippen LogP contribution is 2.41. The monoisotopic (exact) mass is 1060 g/mol. The highest BCUT2D eigenvalue weighted by molar-refractivity contribution is 6.11. The number of para-hydroxylation sites is 1. The Labute approximate surface area is 477 Å². The molecule has 0 N–H and O–H groups in total. The third kappa shape index (κ3) is 11.3. The number of rotatable bonds is 10. The fraction of sp³-hybridized carbons (Fsp3) is 0.233. The Balaban J connectivity index is 1.19. The summed E-state index contributed by atoms with van der Waals surface area (Å²) in [6, 6.07) is 66.6. The second-order valence-electron chi connectivity index (χ2n) is 25.5. The van der Waals surface area contributed by atoms with Gasteiger partial charge < -0.3 is 9.30 Å². The van der Waals surface area contributed by atoms with Crippen LogP contribution in [0.2, 0.25) is 0 Å². The van der Waals surface area contributed by atoms with Crippen LogP contribution in [-0.4, -0.2) is 35.5 Å². The highest BCUT2D eigenvalue weighted by atomic mass is 16.5. The Bertz CT molecular complexity index is 3940. The number of benzene rings is 8. The molecule has 0 spiro atoms. The summed E-state index contributed by atoms with van der Waals surface area (Å²) >= 11 is 0. The van der Waals surface area contributed by atoms with Gasteiger partial charge in [0.2, 0.25) is 0 Å². The standard InChI is InChI=1S/C73H70N6O2/c1-70(2,3)53-36-51(37-54(42-53)71(4,5)6)67-76-66(77-68(78-67)52-38-55(72(7,8)9)43-56(39-52)73(10,11)12)49-32-34-64(59(40-49)61-44-60(47-26-18-14-19-27-47)74-65(75-61)48-28-20-15-21-29-48)79-62-31-23-22-30-57(62)58-41-50(33-35-63(58)79)69(80)81-45-46-24-16-13-17-25-46/h13-44H,45H2,1-12H3. The molecule has 0 aliphatic heterocycles. The number of hydrogen-bond acceptors (Lipinski definition) is 7. The van der Waals surface area contributed by atoms with Gasteiger partial charge in [0.1, 0.15) is 6.61 Å². The van der Waals surface area contributed by atoms with Gasteiger partial charge in [-0.2, -0.15) is 0 Å². The molecule has 0 saturated heterocycles. The molecule has 3 heterocycles. The van der Waals surface area contributed by atoms with E-state index in [1.54, 1.807) is 0 Å². The van der Waals surface area contributed by atoms with Crippen molar-refractivity contribution in [1.82, 2.24) is 29.5 Å². The lowest BCUT2D eigenvalue weighted by molar-refractivity contribution is 0.0473. The van der Waals surface area contributed by atoms with Crippen LogP contribution in [0.3, 0.4) is 0 Å². The molecule has 0 atom stereocenters. The van der Waals surface area contributed by atoms with Gasteiger partial charge >= 0.3 is 5.97 Å². The Morgan fingerprint density at radius 2 is 0.840 bits per heavy atom. The van der Waals surface area contributed by atoms with Gasteiger partial charge in [-0.3, -0.25) is 0 Å². The molecule has 404 valence electrons. The van der Waals surface area contributed by atoms with Crippen LogP contribution >= 0.6 is 0 Å². The lowest BCUT2D eigenvalue weighted by Crippen LogP contribution is -2.17. The molecule has 8 aromatic carbocycles. The molecule has 0 bridgehead atoms. The zero-order valence-electron chi connectivity index (χ0n) is 48.7. The van der Waals surface area contributed by atoms with Crippen LogP contribution < -0.4 is 0 Å². The van der Waals surface area contributed by atoms with Gasteiger partial charge in [0.25, 0.3) is 0 Å². The van der Waals surface area contributed by atoms with Crippen molar-refractivity contribution in [2.75, 3.05) is 0 Å². The molecule has 0 aliphatic rings. The predicted octanol–water partition coefficient (Wildman–Crippen LogP) is 18.3. The van der Waals surface area contributed by atoms with E-state index < -0.39 is 0 Å². The minimum absolute atomic E-state index is 0.142. The van der Waals surface area contributed by atoms with E-state index in [9.17, 15) is 4.79 Å². The van der Waals surface area contributed by atoms with Crippen LogP contribution in [0.5, 0.6) is 0 Å². The van der Waals surface area contributed by atoms with Crippen LogP contribution in [0.25, 0.3) is 95.6 Å². The van der Waals surface area contributed by atoms with Gasteiger partial charge in [-0.1, -0.05) is 204 Å². The van der Waals surface area contributed by atoms with Gasteiger partial charge in [0, 0.05) is 44.2 Å². The minimum Gasteiger partial charge on any atom is -0.457 e. The summed E-state index contributed by atoms with van der Waals surface area (Å²) in [6.07, 6.45) is 0. The third-order valence-electron chi connectivity index (χ3n) is 15.2. The first-order valence-corrected chi connectivity index (χ1v) is 28.0. The summed E-state index contributed by atoms with van der Waals surface area (Å²) in [5.74, 6) is 1.92. The molecule has 0 fully saturated rings. The molecule has 11 aromatic rings. The van der Waals surface area contributed by atoms with Gasteiger partial charge in [-0.05, 0) is 122 Å². The van der Waals surface area contributed by atoms with E-state index in [2.05, 4.69) is 179 Å². The van der Waals surface area contributed by atoms with Gasteiger partial charge in [-0.25, -0.2) is 29.7 Å². The normalized spacial score (nSPS) is 12.3. The molecular weight excluding hydrogens is 993 g/mol. The minimum atomic E-state index is -0.388. The molecule has 0 unspecified atom stereocenters. The fourth-order valence-corrected chi connectivity index (χ4v) is 10.3. The van der Waals surface area contributed by atoms with Gasteiger partial charge in [0.05, 0.1) is 33.7 Å². The summed E-state index contributed by atoms with van der Waals surface area (Å²) in [4.78, 5) is 40.9. The fourth-order valence-electron chi connectivity index (χ4n) is 10.3. The largest absolute Gasteiger partial charge is 0.457 e. The second-order valence-corrected chi connectivity index (χ2v) is 25.5. The van der Waals surface area contributed by atoms with Crippen molar-refractivity contribution in [2.24, 2.45) is 0 Å². The summed E-state index contributed by atoms with van der Waals surface area (Å²) < 4.78 is 8.15. The van der Waals surface area contributed by atoms with Crippen LogP contribution in [0.15, 0.2) is 194 Å². The molecule has 8 nitrogen and oxygen atoms in total. The molecular formula is C73H70N6O2. The molecule has 0 radical (unpaired) electrons. The maximum atomic E-state index is 13.8. The van der Waals surface area contributed by atoms with E-state index >= 15 is 0 Å². The lowest BCUT2D eigenvalue weighted by Gasteiger charge is -2.26. The van der Waals surface area contributed by atoms with Crippen molar-refractivity contribution < 1.29 is 9.53 Å². The van der Waals surface area contributed by atoms with Crippen molar-refractivity contribution in [3.8, 4) is 73.8 Å². The first-order chi connectivity index (χ1) is 38.5. The number of hydrogen-bond donors (Lipinski definition) is 0. The molecule has 81 heavy (non-hydrogen) atoms. The number of ether oxygens (including phenoxy) is 1. The zero-order valence-corrected chi connectivity index (χ0v) is 48.7. The first-order valence-electron chi connectivity index (χ1n) is 28.0. The second kappa shape index (κ2) is 21.0. The van der Waals surface area contributed by atoms with Crippen LogP contribution in [0.4, 0.5) is 0 Å². The van der Waals surface area contributed by atoms with Gasteiger partial charge in [-0.15, -0.1) is 0 Å². The van der Waals surface area contributed by atoms with E-state index in [0.29, 0.717) is 34.6 Å². The molecule has 11 rings (SSSR count). The third-order valence-corrected chi connectivity index (χ3v) is 15.2. The van der Waals surface area contributed by atoms with Crippen molar-refractivity contribution in [2.45, 2.75) is 111 Å². The Kier molecular flexibility index (Phi) is 14.0. The summed E-state index contributed by atoms with van der Waals surface area (Å²) in [7, 11) is 0. The maximum absolute atomic E-state index is 13.8. The van der Waals surface area contributed by atoms with Crippen molar-refractivity contribution in [1.29, 1.82) is 0 Å². The molecule has 0 amide bonds. The van der Waals surface area contributed by atoms with Crippen LogP contribution in [0, 0.1) is 0 Å². The summed E-state index contributed by atoms with van der Waals surface area (Å²) in [6.45, 7) is 27.3. The smallest absolute Gasteiger partial charge is 0.338 e. The number of fused-ring (bicyclic) bond motifs is 3. The van der Waals surface area contributed by atoms with E-state index in [1.807, 2.05) is 103 Å². The number of nitrogens with zero attached hydrogens (tertiary/aromatic N) is 6. The Hall–Kier alpha value is -8.88. The number of aromatic nitrogens is 6. The maximum Gasteiger partial charge on any atom is 0.338 e. The average Bonchev–Trinajstić information content (AvgIpc) is 3.82. The SMILES string of the molecule is CC(C)(C)c1cc(-c2nc(-c3cc(C(C)(C)C)cc(C(C)(C)C)c3)nc(-c3ccc(-n4c5ccccc5c5cc(C(=O)OCc6ccccc6)ccc54)c(-c4cc(-c5ccccc5)nc(-c5ccccc5)n4)c3)n2)cc(C(C)(C)C)c1. The summed E-state index contributed by atoms with van der Waals surface area (Å²) in [5, 5.41) is 1.90. The Morgan fingerprint density at radius 1 is 0.383 bits per heavy atom. The predicted molar refractivity (Wildman–Crippen MR) is 333 cm³/mol. The Morgan fingerprint density at radius 3 is 1.38 bits per heavy atom. The lowest BCUT2D eigenvalue weighted by atomic mass is 9.79. The molecule has 0 saturated carbocycles. The molecule has 0 aliphatic carbocycles. The average molecular weight is 1060 g/mol. The molecule has 8 heteroatoms.